The SMILES string of the molecule is CNCC(=O)N1CCCC1COc1cc2c(Nc3cccc(Cl)c3F)ncnc2cc1OC. The van der Waals surface area contributed by atoms with Gasteiger partial charge >= 0.3 is 0 Å². The number of nitrogens with zero attached hydrogens (tertiary/aromatic N) is 3. The first-order valence-corrected chi connectivity index (χ1v) is 11.0. The third-order valence-electron chi connectivity index (χ3n) is 5.58. The van der Waals surface area contributed by atoms with Crippen molar-refractivity contribution in [3.8, 4) is 11.5 Å². The topological polar surface area (TPSA) is 88.6 Å². The second-order valence-corrected chi connectivity index (χ2v) is 8.10. The first-order chi connectivity index (χ1) is 16.0. The molecule has 0 saturated carbocycles. The fraction of sp³-hybridized carbons (Fsp3) is 0.348. The number of likely N-dealkylation sites (N-methyl/N-ethyl adjacent to an activating group) is 1. The average molecular weight is 474 g/mol. The standard InChI is InChI=1S/C23H25ClFN5O3/c1-26-11-21(31)30-8-4-5-14(30)12-33-20-9-15-18(10-19(20)32-2)27-13-28-23(15)29-17-7-3-6-16(24)22(17)25/h3,6-7,9-10,13-14,26H,4-5,8,11-12H2,1-2H3,(H,27,28,29). The number of anilines is 2. The Morgan fingerprint density at radius 1 is 1.30 bits per heavy atom. The van der Waals surface area contributed by atoms with Crippen molar-refractivity contribution in [3.63, 3.8) is 0 Å². The van der Waals surface area contributed by atoms with E-state index in [2.05, 4.69) is 20.6 Å². The van der Waals surface area contributed by atoms with E-state index in [1.54, 1.807) is 38.4 Å². The molecule has 1 fully saturated rings. The molecule has 2 N–H and O–H groups in total. The van der Waals surface area contributed by atoms with Crippen LogP contribution in [0.4, 0.5) is 15.9 Å². The highest BCUT2D eigenvalue weighted by molar-refractivity contribution is 6.31. The fourth-order valence-electron chi connectivity index (χ4n) is 3.94. The molecule has 2 aromatic carbocycles. The molecule has 0 radical (unpaired) electrons. The Labute approximate surface area is 196 Å². The van der Waals surface area contributed by atoms with Gasteiger partial charge in [0.15, 0.2) is 17.3 Å². The van der Waals surface area contributed by atoms with Crippen LogP contribution in [-0.2, 0) is 4.79 Å². The van der Waals surface area contributed by atoms with Crippen molar-refractivity contribution in [1.29, 1.82) is 0 Å². The maximum absolute atomic E-state index is 14.4. The van der Waals surface area contributed by atoms with Crippen molar-refractivity contribution in [3.05, 3.63) is 47.5 Å². The number of nitrogens with one attached hydrogen (secondary N) is 2. The van der Waals surface area contributed by atoms with Gasteiger partial charge < -0.3 is 25.0 Å². The highest BCUT2D eigenvalue weighted by Gasteiger charge is 2.29. The monoisotopic (exact) mass is 473 g/mol. The van der Waals surface area contributed by atoms with Gasteiger partial charge in [0.1, 0.15) is 18.8 Å². The lowest BCUT2D eigenvalue weighted by atomic mass is 10.2. The van der Waals surface area contributed by atoms with E-state index in [0.717, 1.165) is 19.4 Å². The second kappa shape index (κ2) is 10.2. The molecule has 1 amide bonds. The van der Waals surface area contributed by atoms with E-state index < -0.39 is 5.82 Å². The largest absolute Gasteiger partial charge is 0.493 e. The zero-order valence-electron chi connectivity index (χ0n) is 18.4. The van der Waals surface area contributed by atoms with Gasteiger partial charge in [-0.2, -0.15) is 0 Å². The van der Waals surface area contributed by atoms with Gasteiger partial charge in [-0.15, -0.1) is 0 Å². The van der Waals surface area contributed by atoms with Crippen LogP contribution in [0.1, 0.15) is 12.8 Å². The summed E-state index contributed by atoms with van der Waals surface area (Å²) in [5.74, 6) is 0.885. The van der Waals surface area contributed by atoms with E-state index in [-0.39, 0.29) is 22.7 Å². The maximum atomic E-state index is 14.4. The molecule has 1 aliphatic rings. The minimum absolute atomic E-state index is 0.0120. The molecule has 0 spiro atoms. The molecule has 0 aliphatic carbocycles. The van der Waals surface area contributed by atoms with Crippen molar-refractivity contribution < 1.29 is 18.7 Å². The number of aromatic nitrogens is 2. The summed E-state index contributed by atoms with van der Waals surface area (Å²) in [4.78, 5) is 22.8. The molecule has 0 bridgehead atoms. The summed E-state index contributed by atoms with van der Waals surface area (Å²) in [5.41, 5.74) is 0.802. The van der Waals surface area contributed by atoms with E-state index in [1.807, 2.05) is 4.90 Å². The van der Waals surface area contributed by atoms with E-state index >= 15 is 0 Å². The van der Waals surface area contributed by atoms with Gasteiger partial charge in [-0.3, -0.25) is 4.79 Å². The number of hydrogen-bond donors (Lipinski definition) is 2. The van der Waals surface area contributed by atoms with Gasteiger partial charge in [0.25, 0.3) is 0 Å². The number of likely N-dealkylation sites (tertiary alicyclic amines) is 1. The van der Waals surface area contributed by atoms with Crippen LogP contribution in [-0.4, -0.2) is 60.7 Å². The number of carbonyl (C=O) groups is 1. The van der Waals surface area contributed by atoms with Crippen molar-refractivity contribution in [1.82, 2.24) is 20.2 Å². The lowest BCUT2D eigenvalue weighted by Crippen LogP contribution is -2.42. The van der Waals surface area contributed by atoms with E-state index in [1.165, 1.54) is 12.4 Å². The molecular formula is C23H25ClFN5O3. The Hall–Kier alpha value is -3.17. The minimum Gasteiger partial charge on any atom is -0.493 e. The third kappa shape index (κ3) is 4.94. The number of amides is 1. The van der Waals surface area contributed by atoms with Crippen LogP contribution in [0.25, 0.3) is 10.9 Å². The summed E-state index contributed by atoms with van der Waals surface area (Å²) in [6.45, 7) is 1.34. The molecule has 1 atom stereocenters. The molecule has 1 aliphatic heterocycles. The van der Waals surface area contributed by atoms with Crippen LogP contribution in [0.3, 0.4) is 0 Å². The first kappa shape index (κ1) is 23.0. The highest BCUT2D eigenvalue weighted by Crippen LogP contribution is 2.36. The van der Waals surface area contributed by atoms with Crippen molar-refractivity contribution in [2.24, 2.45) is 0 Å². The molecule has 1 saturated heterocycles. The van der Waals surface area contributed by atoms with E-state index in [0.29, 0.717) is 41.4 Å². The molecule has 174 valence electrons. The van der Waals surface area contributed by atoms with Gasteiger partial charge in [0.05, 0.1) is 35.9 Å². The minimum atomic E-state index is -0.566. The lowest BCUT2D eigenvalue weighted by Gasteiger charge is -2.25. The smallest absolute Gasteiger partial charge is 0.236 e. The summed E-state index contributed by atoms with van der Waals surface area (Å²) in [5, 5.41) is 6.53. The molecule has 3 aromatic rings. The zero-order valence-corrected chi connectivity index (χ0v) is 19.2. The Kier molecular flexibility index (Phi) is 7.10. The predicted molar refractivity (Wildman–Crippen MR) is 125 cm³/mol. The Balaban J connectivity index is 1.61. The van der Waals surface area contributed by atoms with Crippen LogP contribution >= 0.6 is 11.6 Å². The summed E-state index contributed by atoms with van der Waals surface area (Å²) in [6.07, 6.45) is 3.19. The fourth-order valence-corrected chi connectivity index (χ4v) is 4.11. The van der Waals surface area contributed by atoms with Crippen LogP contribution in [0.5, 0.6) is 11.5 Å². The summed E-state index contributed by atoms with van der Waals surface area (Å²) >= 11 is 5.90. The molecule has 1 aromatic heterocycles. The number of halogens is 2. The Bertz CT molecular complexity index is 1160. The van der Waals surface area contributed by atoms with E-state index in [4.69, 9.17) is 21.1 Å². The lowest BCUT2D eigenvalue weighted by molar-refractivity contribution is -0.131. The number of ether oxygens (including phenoxy) is 2. The molecular weight excluding hydrogens is 449 g/mol. The first-order valence-electron chi connectivity index (χ1n) is 10.6. The highest BCUT2D eigenvalue weighted by atomic mass is 35.5. The quantitative estimate of drug-likeness (QED) is 0.515. The van der Waals surface area contributed by atoms with Gasteiger partial charge in [-0.1, -0.05) is 17.7 Å². The van der Waals surface area contributed by atoms with Gasteiger partial charge in [-0.05, 0) is 38.1 Å². The number of methoxy groups -OCH3 is 1. The molecule has 2 heterocycles. The van der Waals surface area contributed by atoms with Gasteiger partial charge in [-0.25, -0.2) is 14.4 Å². The van der Waals surface area contributed by atoms with Crippen molar-refractivity contribution in [2.75, 3.05) is 39.2 Å². The number of fused-ring (bicyclic) bond motifs is 1. The third-order valence-corrected chi connectivity index (χ3v) is 5.87. The Morgan fingerprint density at radius 3 is 2.94 bits per heavy atom. The van der Waals surface area contributed by atoms with Gasteiger partial charge in [0, 0.05) is 18.0 Å². The number of rotatable bonds is 8. The molecule has 1 unspecified atom stereocenters. The van der Waals surface area contributed by atoms with Crippen LogP contribution in [0.15, 0.2) is 36.7 Å². The maximum Gasteiger partial charge on any atom is 0.236 e. The van der Waals surface area contributed by atoms with E-state index in [9.17, 15) is 9.18 Å². The van der Waals surface area contributed by atoms with Crippen LogP contribution < -0.4 is 20.1 Å². The number of carbonyl (C=O) groups excluding carboxylic acids is 1. The normalized spacial score (nSPS) is 15.6. The average Bonchev–Trinajstić information content (AvgIpc) is 3.29. The van der Waals surface area contributed by atoms with Crippen molar-refractivity contribution >= 4 is 39.9 Å². The van der Waals surface area contributed by atoms with Crippen LogP contribution in [0.2, 0.25) is 5.02 Å². The summed E-state index contributed by atoms with van der Waals surface area (Å²) in [7, 11) is 3.30. The van der Waals surface area contributed by atoms with Crippen molar-refractivity contribution in [2.45, 2.75) is 18.9 Å². The number of hydrogen-bond acceptors (Lipinski definition) is 7. The molecule has 4 rings (SSSR count). The molecule has 33 heavy (non-hydrogen) atoms. The number of benzene rings is 2. The second-order valence-electron chi connectivity index (χ2n) is 7.69. The zero-order chi connectivity index (χ0) is 23.4. The summed E-state index contributed by atoms with van der Waals surface area (Å²) < 4.78 is 26.0. The molecule has 8 nitrogen and oxygen atoms in total. The molecule has 10 heteroatoms. The van der Waals surface area contributed by atoms with Crippen LogP contribution in [0, 0.1) is 5.82 Å². The van der Waals surface area contributed by atoms with Gasteiger partial charge in [0.2, 0.25) is 5.91 Å². The Morgan fingerprint density at radius 2 is 2.15 bits per heavy atom. The summed E-state index contributed by atoms with van der Waals surface area (Å²) in [6, 6.07) is 8.18. The predicted octanol–water partition coefficient (Wildman–Crippen LogP) is 3.76.